The van der Waals surface area contributed by atoms with Gasteiger partial charge in [-0.15, -0.1) is 0 Å². The van der Waals surface area contributed by atoms with Crippen LogP contribution in [0.5, 0.6) is 0 Å². The van der Waals surface area contributed by atoms with Crippen LogP contribution in [-0.2, 0) is 21.4 Å². The number of amides is 4. The van der Waals surface area contributed by atoms with E-state index in [1.54, 1.807) is 31.3 Å². The monoisotopic (exact) mass is 588 g/mol. The van der Waals surface area contributed by atoms with Crippen molar-refractivity contribution in [2.75, 3.05) is 40.3 Å². The summed E-state index contributed by atoms with van der Waals surface area (Å²) < 4.78 is 14.1. The van der Waals surface area contributed by atoms with Gasteiger partial charge in [0.2, 0.25) is 11.8 Å². The van der Waals surface area contributed by atoms with Crippen LogP contribution in [0.25, 0.3) is 10.9 Å². The lowest BCUT2D eigenvalue weighted by Crippen LogP contribution is -2.57. The molecule has 2 aliphatic heterocycles. The highest BCUT2D eigenvalue weighted by molar-refractivity contribution is 5.90. The molecule has 4 N–H and O–H groups in total. The quantitative estimate of drug-likeness (QED) is 0.354. The first kappa shape index (κ1) is 29.2. The summed E-state index contributed by atoms with van der Waals surface area (Å²) in [4.78, 5) is 47.0. The van der Waals surface area contributed by atoms with Gasteiger partial charge in [-0.05, 0) is 73.5 Å². The zero-order chi connectivity index (χ0) is 30.1. The Labute approximate surface area is 251 Å². The van der Waals surface area contributed by atoms with Crippen molar-refractivity contribution >= 4 is 28.7 Å². The minimum atomic E-state index is -0.813. The average molecular weight is 589 g/mol. The highest BCUT2D eigenvalue weighted by atomic mass is 19.1. The fourth-order valence-electron chi connectivity index (χ4n) is 7.38. The molecule has 2 saturated heterocycles. The summed E-state index contributed by atoms with van der Waals surface area (Å²) in [5, 5.41) is 9.98. The van der Waals surface area contributed by atoms with E-state index in [4.69, 9.17) is 0 Å². The largest absolute Gasteiger partial charge is 0.361 e. The average Bonchev–Trinajstić information content (AvgIpc) is 3.55. The molecule has 43 heavy (non-hydrogen) atoms. The first-order valence-electron chi connectivity index (χ1n) is 15.4. The normalized spacial score (nSPS) is 21.8. The Kier molecular flexibility index (Phi) is 8.13. The van der Waals surface area contributed by atoms with Crippen molar-refractivity contribution in [1.29, 1.82) is 0 Å². The van der Waals surface area contributed by atoms with E-state index in [1.807, 2.05) is 17.0 Å². The van der Waals surface area contributed by atoms with Gasteiger partial charge in [-0.3, -0.25) is 9.59 Å². The van der Waals surface area contributed by atoms with Crippen molar-refractivity contribution in [2.24, 2.45) is 0 Å². The second kappa shape index (κ2) is 12.0. The lowest BCUT2D eigenvalue weighted by Gasteiger charge is -2.41. The van der Waals surface area contributed by atoms with Gasteiger partial charge < -0.3 is 30.7 Å². The lowest BCUT2D eigenvalue weighted by molar-refractivity contribution is -0.135. The smallest absolute Gasteiger partial charge is 0.315 e. The topological polar surface area (TPSA) is 110 Å². The van der Waals surface area contributed by atoms with E-state index in [0.717, 1.165) is 55.3 Å². The SMILES string of the molecule is CN(C)C(=O)[C@@H]1CC2(CCN(C(=O)C(Cc3c[nH]c4ccc(F)cc34)NC(=O)NC3CCCNC3)CC2)c2ccccc21. The summed E-state index contributed by atoms with van der Waals surface area (Å²) in [6.07, 6.45) is 6.13. The van der Waals surface area contributed by atoms with Crippen LogP contribution in [0.15, 0.2) is 48.7 Å². The van der Waals surface area contributed by atoms with Crippen molar-refractivity contribution in [1.82, 2.24) is 30.7 Å². The Morgan fingerprint density at radius 2 is 1.93 bits per heavy atom. The molecule has 4 amide bonds. The number of fused-ring (bicyclic) bond motifs is 3. The number of hydrogen-bond donors (Lipinski definition) is 4. The highest BCUT2D eigenvalue weighted by Gasteiger charge is 2.48. The van der Waals surface area contributed by atoms with E-state index in [2.05, 4.69) is 33.1 Å². The van der Waals surface area contributed by atoms with Gasteiger partial charge in [0.1, 0.15) is 11.9 Å². The van der Waals surface area contributed by atoms with Crippen LogP contribution >= 0.6 is 0 Å². The van der Waals surface area contributed by atoms with Crippen LogP contribution in [0.1, 0.15) is 54.7 Å². The van der Waals surface area contributed by atoms with Crippen molar-refractivity contribution in [2.45, 2.75) is 61.9 Å². The van der Waals surface area contributed by atoms with E-state index < -0.39 is 6.04 Å². The Bertz CT molecular complexity index is 1510. The summed E-state index contributed by atoms with van der Waals surface area (Å²) >= 11 is 0. The minimum absolute atomic E-state index is 0.00166. The Morgan fingerprint density at radius 3 is 2.67 bits per heavy atom. The second-order valence-corrected chi connectivity index (χ2v) is 12.6. The molecule has 3 heterocycles. The number of H-pyrrole nitrogens is 1. The number of hydrogen-bond acceptors (Lipinski definition) is 4. The molecule has 2 unspecified atom stereocenters. The maximum absolute atomic E-state index is 14.1. The zero-order valence-electron chi connectivity index (χ0n) is 24.9. The summed E-state index contributed by atoms with van der Waals surface area (Å²) in [5.74, 6) is -0.565. The number of rotatable bonds is 6. The predicted molar refractivity (Wildman–Crippen MR) is 163 cm³/mol. The summed E-state index contributed by atoms with van der Waals surface area (Å²) in [7, 11) is 3.60. The number of carbonyl (C=O) groups excluding carboxylic acids is 3. The molecule has 3 aliphatic rings. The fraction of sp³-hybridized carbons (Fsp3) is 0.485. The highest BCUT2D eigenvalue weighted by Crippen LogP contribution is 2.52. The zero-order valence-corrected chi connectivity index (χ0v) is 24.9. The number of aromatic amines is 1. The van der Waals surface area contributed by atoms with E-state index in [1.165, 1.54) is 17.7 Å². The predicted octanol–water partition coefficient (Wildman–Crippen LogP) is 3.41. The van der Waals surface area contributed by atoms with Crippen LogP contribution < -0.4 is 16.0 Å². The first-order valence-corrected chi connectivity index (χ1v) is 15.4. The van der Waals surface area contributed by atoms with Crippen molar-refractivity contribution in [3.8, 4) is 0 Å². The molecule has 0 saturated carbocycles. The van der Waals surface area contributed by atoms with Gasteiger partial charge in [-0.1, -0.05) is 24.3 Å². The van der Waals surface area contributed by atoms with E-state index in [0.29, 0.717) is 25.0 Å². The van der Waals surface area contributed by atoms with Gasteiger partial charge in [-0.25, -0.2) is 9.18 Å². The summed E-state index contributed by atoms with van der Waals surface area (Å²) in [5.41, 5.74) is 3.71. The molecule has 228 valence electrons. The maximum atomic E-state index is 14.1. The number of piperidine rings is 2. The van der Waals surface area contributed by atoms with Crippen LogP contribution in [0.3, 0.4) is 0 Å². The number of likely N-dealkylation sites (N-methyl/N-ethyl adjacent to an activating group) is 1. The molecule has 1 aromatic heterocycles. The molecule has 0 bridgehead atoms. The molecule has 9 nitrogen and oxygen atoms in total. The van der Waals surface area contributed by atoms with Gasteiger partial charge in [0.15, 0.2) is 0 Å². The number of likely N-dealkylation sites (tertiary alicyclic amines) is 1. The maximum Gasteiger partial charge on any atom is 0.315 e. The van der Waals surface area contributed by atoms with Gasteiger partial charge in [0.25, 0.3) is 0 Å². The van der Waals surface area contributed by atoms with Crippen LogP contribution in [0, 0.1) is 5.82 Å². The van der Waals surface area contributed by atoms with E-state index in [9.17, 15) is 18.8 Å². The van der Waals surface area contributed by atoms with Crippen molar-refractivity contribution in [3.63, 3.8) is 0 Å². The lowest BCUT2D eigenvalue weighted by atomic mass is 9.73. The molecule has 2 fully saturated rings. The molecule has 3 aromatic rings. The number of halogens is 1. The van der Waals surface area contributed by atoms with Crippen molar-refractivity contribution < 1.29 is 18.8 Å². The Hall–Kier alpha value is -3.92. The van der Waals surface area contributed by atoms with Crippen molar-refractivity contribution in [3.05, 3.63) is 71.2 Å². The second-order valence-electron chi connectivity index (χ2n) is 12.6. The fourth-order valence-corrected chi connectivity index (χ4v) is 7.38. The number of nitrogens with one attached hydrogen (secondary N) is 4. The number of benzene rings is 2. The first-order chi connectivity index (χ1) is 20.7. The molecule has 2 aromatic carbocycles. The van der Waals surface area contributed by atoms with Crippen LogP contribution in [-0.4, -0.2) is 85.0 Å². The van der Waals surface area contributed by atoms with Gasteiger partial charge in [0.05, 0.1) is 5.92 Å². The van der Waals surface area contributed by atoms with Gasteiger partial charge in [0, 0.05) is 68.7 Å². The van der Waals surface area contributed by atoms with E-state index >= 15 is 0 Å². The molecule has 1 spiro atoms. The Balaban J connectivity index is 1.20. The van der Waals surface area contributed by atoms with Crippen LogP contribution in [0.4, 0.5) is 9.18 Å². The third-order valence-corrected chi connectivity index (χ3v) is 9.66. The third-order valence-electron chi connectivity index (χ3n) is 9.66. The molecule has 3 atom stereocenters. The minimum Gasteiger partial charge on any atom is -0.361 e. The molecule has 10 heteroatoms. The van der Waals surface area contributed by atoms with Gasteiger partial charge in [-0.2, -0.15) is 0 Å². The van der Waals surface area contributed by atoms with Gasteiger partial charge >= 0.3 is 6.03 Å². The molecular formula is C33H41FN6O3. The Morgan fingerprint density at radius 1 is 1.14 bits per heavy atom. The number of nitrogens with zero attached hydrogens (tertiary/aromatic N) is 2. The molecular weight excluding hydrogens is 547 g/mol. The summed E-state index contributed by atoms with van der Waals surface area (Å²) in [6, 6.07) is 11.6. The molecule has 0 radical (unpaired) electrons. The van der Waals surface area contributed by atoms with Crippen LogP contribution in [0.2, 0.25) is 0 Å². The number of urea groups is 1. The number of carbonyl (C=O) groups is 3. The van der Waals surface area contributed by atoms with E-state index in [-0.39, 0.29) is 47.5 Å². The molecule has 1 aliphatic carbocycles. The summed E-state index contributed by atoms with van der Waals surface area (Å²) in [6.45, 7) is 2.69. The number of aromatic nitrogens is 1. The standard InChI is InChI=1S/C33H41FN6O3/c1-39(2)30(41)26-18-33(27-8-4-3-7-24(26)27)11-14-40(15-12-33)31(42)29(38-32(43)37-23-6-5-13-35-20-23)16-21-19-36-28-10-9-22(34)17-25(21)28/h3-4,7-10,17,19,23,26,29,35-36H,5-6,11-16,18,20H2,1-2H3,(H2,37,38,43)/t23?,26-,29?/m1/s1. The molecule has 6 rings (SSSR count). The third kappa shape index (κ3) is 5.85.